The maximum atomic E-state index is 15.2. The van der Waals surface area contributed by atoms with Gasteiger partial charge in [-0.15, -0.1) is 0 Å². The Morgan fingerprint density at radius 3 is 2.41 bits per heavy atom. The van der Waals surface area contributed by atoms with Gasteiger partial charge in [-0.25, -0.2) is 0 Å². The van der Waals surface area contributed by atoms with Crippen LogP contribution < -0.4 is 11.1 Å². The fourth-order valence-electron chi connectivity index (χ4n) is 8.63. The number of hydrogen-bond acceptors (Lipinski definition) is 4. The molecule has 234 valence electrons. The number of benzene rings is 2. The zero-order valence-electron chi connectivity index (χ0n) is 24.3. The van der Waals surface area contributed by atoms with Gasteiger partial charge in [0, 0.05) is 30.0 Å². The normalized spacial score (nSPS) is 30.3. The minimum Gasteiger partial charge on any atom is -0.383 e. The Labute approximate surface area is 252 Å². The number of nitrogens with one attached hydrogen (secondary N) is 1. The second-order valence-electron chi connectivity index (χ2n) is 13.0. The van der Waals surface area contributed by atoms with Crippen LogP contribution in [0.1, 0.15) is 79.3 Å². The maximum absolute atomic E-state index is 15.2. The van der Waals surface area contributed by atoms with Crippen molar-refractivity contribution in [3.8, 4) is 0 Å². The summed E-state index contributed by atoms with van der Waals surface area (Å²) in [6, 6.07) is 14.3. The number of para-hydroxylation sites is 1. The predicted molar refractivity (Wildman–Crippen MR) is 155 cm³/mol. The Morgan fingerprint density at radius 1 is 1.02 bits per heavy atom. The molecule has 4 aliphatic rings. The summed E-state index contributed by atoms with van der Waals surface area (Å²) in [5.41, 5.74) is 6.07. The summed E-state index contributed by atoms with van der Waals surface area (Å²) in [5.74, 6) is -7.12. The number of rotatable bonds is 6. The van der Waals surface area contributed by atoms with E-state index < -0.39 is 47.3 Å². The van der Waals surface area contributed by atoms with Gasteiger partial charge in [-0.2, -0.15) is 22.0 Å². The number of carbonyl (C=O) groups is 2. The Morgan fingerprint density at radius 2 is 1.73 bits per heavy atom. The van der Waals surface area contributed by atoms with Crippen LogP contribution in [0.4, 0.5) is 27.6 Å². The lowest BCUT2D eigenvalue weighted by Crippen LogP contribution is -2.65. The van der Waals surface area contributed by atoms with E-state index >= 15 is 8.78 Å². The number of primary amides is 1. The van der Waals surface area contributed by atoms with Gasteiger partial charge in [0.1, 0.15) is 5.60 Å². The minimum absolute atomic E-state index is 0.0369. The van der Waals surface area contributed by atoms with Gasteiger partial charge in [0.05, 0.1) is 5.56 Å². The van der Waals surface area contributed by atoms with Gasteiger partial charge >= 0.3 is 12.1 Å². The molecule has 0 bridgehead atoms. The number of hydrogen-bond donors (Lipinski definition) is 3. The molecule has 5 atom stereocenters. The molecule has 1 amide bonds. The van der Waals surface area contributed by atoms with Crippen LogP contribution in [0.5, 0.6) is 0 Å². The standard InChI is InChI=1S/C34H35F5N2O3/c1-31-17-26(20-8-6-19(7-9-20)18-41-28-5-3-2-4-25(28)30(40)43)29-23-13-11-22(42)16-21(23)10-12-24(29)27(31)14-15-32(31,44)33(35,36)34(37,38)39/h2-9,16,24,26-27,41,44H,10-15,17-18H2,1H3,(H2,40,43)/t24?,26-,27?,31?,32+/m1/s1. The Kier molecular flexibility index (Phi) is 7.30. The van der Waals surface area contributed by atoms with E-state index in [2.05, 4.69) is 5.32 Å². The van der Waals surface area contributed by atoms with Crippen molar-refractivity contribution in [1.29, 1.82) is 0 Å². The number of nitrogens with two attached hydrogens (primary N) is 1. The van der Waals surface area contributed by atoms with Crippen molar-refractivity contribution in [3.05, 3.63) is 88.0 Å². The number of allylic oxidation sites excluding steroid dienone is 4. The zero-order chi connectivity index (χ0) is 31.7. The first-order valence-corrected chi connectivity index (χ1v) is 15.0. The van der Waals surface area contributed by atoms with Crippen molar-refractivity contribution in [2.75, 3.05) is 5.32 Å². The SMILES string of the molecule is CC12C[C@H](c3ccc(CNc4ccccc4C(N)=O)cc3)C3=C4CCC(=O)C=C4CCC3C1CC[C@@]2(O)C(F)(F)C(F)(F)F. The van der Waals surface area contributed by atoms with Crippen LogP contribution in [0.15, 0.2) is 71.3 Å². The zero-order valence-corrected chi connectivity index (χ0v) is 24.3. The predicted octanol–water partition coefficient (Wildman–Crippen LogP) is 7.23. The van der Waals surface area contributed by atoms with Gasteiger partial charge < -0.3 is 16.2 Å². The Balaban J connectivity index is 1.38. The second kappa shape index (κ2) is 10.5. The van der Waals surface area contributed by atoms with Gasteiger partial charge in [-0.05, 0) is 90.8 Å². The maximum Gasteiger partial charge on any atom is 0.456 e. The van der Waals surface area contributed by atoms with Crippen molar-refractivity contribution >= 4 is 17.4 Å². The van der Waals surface area contributed by atoms with E-state index in [-0.39, 0.29) is 24.5 Å². The van der Waals surface area contributed by atoms with Crippen LogP contribution in [0.25, 0.3) is 0 Å². The third-order valence-corrected chi connectivity index (χ3v) is 10.8. The molecule has 2 aromatic rings. The first-order chi connectivity index (χ1) is 20.7. The highest BCUT2D eigenvalue weighted by Crippen LogP contribution is 2.70. The van der Waals surface area contributed by atoms with Crippen LogP contribution >= 0.6 is 0 Å². The Hall–Kier alpha value is -3.53. The molecular formula is C34H35F5N2O3. The van der Waals surface area contributed by atoms with E-state index in [9.17, 15) is 27.9 Å². The molecule has 0 spiro atoms. The van der Waals surface area contributed by atoms with Crippen molar-refractivity contribution < 1.29 is 36.6 Å². The lowest BCUT2D eigenvalue weighted by atomic mass is 9.50. The molecule has 3 unspecified atom stereocenters. The quantitative estimate of drug-likeness (QED) is 0.300. The second-order valence-corrected chi connectivity index (χ2v) is 13.0. The van der Waals surface area contributed by atoms with E-state index in [0.29, 0.717) is 43.5 Å². The highest BCUT2D eigenvalue weighted by atomic mass is 19.4. The number of aliphatic hydroxyl groups is 1. The summed E-state index contributed by atoms with van der Waals surface area (Å²) < 4.78 is 71.7. The smallest absolute Gasteiger partial charge is 0.383 e. The number of alkyl halides is 5. The number of amides is 1. The van der Waals surface area contributed by atoms with Gasteiger partial charge in [-0.1, -0.05) is 48.9 Å². The average Bonchev–Trinajstić information content (AvgIpc) is 3.26. The molecule has 44 heavy (non-hydrogen) atoms. The van der Waals surface area contributed by atoms with E-state index in [4.69, 9.17) is 5.73 Å². The highest BCUT2D eigenvalue weighted by Gasteiger charge is 2.79. The molecule has 0 aromatic heterocycles. The van der Waals surface area contributed by atoms with E-state index in [1.807, 2.05) is 24.3 Å². The number of anilines is 1. The van der Waals surface area contributed by atoms with Crippen LogP contribution in [0, 0.1) is 17.3 Å². The molecule has 6 rings (SSSR count). The highest BCUT2D eigenvalue weighted by molar-refractivity contribution is 5.98. The molecule has 0 heterocycles. The minimum atomic E-state index is -5.89. The number of ketones is 1. The Bertz CT molecular complexity index is 1560. The lowest BCUT2D eigenvalue weighted by molar-refractivity contribution is -0.362. The molecule has 2 saturated carbocycles. The van der Waals surface area contributed by atoms with Crippen LogP contribution in [0.3, 0.4) is 0 Å². The fourth-order valence-corrected chi connectivity index (χ4v) is 8.63. The van der Waals surface area contributed by atoms with Crippen LogP contribution in [0.2, 0.25) is 0 Å². The summed E-state index contributed by atoms with van der Waals surface area (Å²) in [6.45, 7) is 1.78. The summed E-state index contributed by atoms with van der Waals surface area (Å²) in [7, 11) is 0. The lowest BCUT2D eigenvalue weighted by Gasteiger charge is -2.56. The van der Waals surface area contributed by atoms with Crippen molar-refractivity contribution in [2.45, 2.75) is 82.0 Å². The van der Waals surface area contributed by atoms with E-state index in [0.717, 1.165) is 27.8 Å². The summed E-state index contributed by atoms with van der Waals surface area (Å²) in [6.07, 6.45) is -2.93. The summed E-state index contributed by atoms with van der Waals surface area (Å²) in [5, 5.41) is 14.6. The first-order valence-electron chi connectivity index (χ1n) is 15.0. The number of carbonyl (C=O) groups excluding carboxylic acids is 2. The molecular weight excluding hydrogens is 579 g/mol. The van der Waals surface area contributed by atoms with Gasteiger partial charge in [0.2, 0.25) is 0 Å². The van der Waals surface area contributed by atoms with E-state index in [1.54, 1.807) is 30.3 Å². The van der Waals surface area contributed by atoms with Crippen LogP contribution in [-0.2, 0) is 11.3 Å². The largest absolute Gasteiger partial charge is 0.456 e. The van der Waals surface area contributed by atoms with Crippen molar-refractivity contribution in [2.24, 2.45) is 23.0 Å². The first kappa shape index (κ1) is 30.5. The third kappa shape index (κ3) is 4.59. The number of fused-ring (bicyclic) bond motifs is 4. The average molecular weight is 615 g/mol. The van der Waals surface area contributed by atoms with E-state index in [1.165, 1.54) is 6.92 Å². The van der Waals surface area contributed by atoms with Gasteiger partial charge in [-0.3, -0.25) is 9.59 Å². The summed E-state index contributed by atoms with van der Waals surface area (Å²) in [4.78, 5) is 24.0. The molecule has 4 N–H and O–H groups in total. The molecule has 0 aliphatic heterocycles. The van der Waals surface area contributed by atoms with Gasteiger partial charge in [0.15, 0.2) is 5.78 Å². The van der Waals surface area contributed by atoms with Crippen molar-refractivity contribution in [3.63, 3.8) is 0 Å². The van der Waals surface area contributed by atoms with Crippen LogP contribution in [-0.4, -0.2) is 34.5 Å². The third-order valence-electron chi connectivity index (χ3n) is 10.8. The molecule has 5 nitrogen and oxygen atoms in total. The molecule has 10 heteroatoms. The molecule has 0 radical (unpaired) electrons. The topological polar surface area (TPSA) is 92.4 Å². The van der Waals surface area contributed by atoms with Gasteiger partial charge in [0.25, 0.3) is 5.91 Å². The molecule has 2 aromatic carbocycles. The van der Waals surface area contributed by atoms with Crippen molar-refractivity contribution in [1.82, 2.24) is 0 Å². The summed E-state index contributed by atoms with van der Waals surface area (Å²) >= 11 is 0. The number of halogens is 5. The fraction of sp³-hybridized carbons (Fsp3) is 0.471. The monoisotopic (exact) mass is 614 g/mol. The molecule has 0 saturated heterocycles. The molecule has 4 aliphatic carbocycles. The molecule has 2 fully saturated rings.